The molecule has 0 N–H and O–H groups in total. The van der Waals surface area contributed by atoms with E-state index in [2.05, 4.69) is 40.9 Å². The summed E-state index contributed by atoms with van der Waals surface area (Å²) in [7, 11) is 0. The Morgan fingerprint density at radius 2 is 1.85 bits per heavy atom. The molecule has 0 amide bonds. The maximum absolute atomic E-state index is 14.2. The van der Waals surface area contributed by atoms with Gasteiger partial charge >= 0.3 is 0 Å². The van der Waals surface area contributed by atoms with Crippen LogP contribution in [0.25, 0.3) is 5.57 Å². The van der Waals surface area contributed by atoms with Gasteiger partial charge in [0.15, 0.2) is 0 Å². The van der Waals surface area contributed by atoms with Gasteiger partial charge in [-0.15, -0.1) is 0 Å². The molecule has 0 spiro atoms. The van der Waals surface area contributed by atoms with Crippen molar-refractivity contribution < 1.29 is 4.39 Å². The molecule has 0 atom stereocenters. The summed E-state index contributed by atoms with van der Waals surface area (Å²) in [5.41, 5.74) is 3.92. The quantitative estimate of drug-likeness (QED) is 0.544. The summed E-state index contributed by atoms with van der Waals surface area (Å²) in [5.74, 6) is -0.144. The number of halogens is 1. The van der Waals surface area contributed by atoms with Crippen LogP contribution in [-0.2, 0) is 6.42 Å². The van der Waals surface area contributed by atoms with E-state index in [0.717, 1.165) is 41.5 Å². The van der Waals surface area contributed by atoms with E-state index >= 15 is 0 Å². The van der Waals surface area contributed by atoms with Gasteiger partial charge < -0.3 is 0 Å². The van der Waals surface area contributed by atoms with Crippen LogP contribution in [0, 0.1) is 11.2 Å². The van der Waals surface area contributed by atoms with Gasteiger partial charge in [0.25, 0.3) is 0 Å². The second-order valence-corrected chi connectivity index (χ2v) is 6.82. The first kappa shape index (κ1) is 16.7. The predicted octanol–water partition coefficient (Wildman–Crippen LogP) is 6.17. The summed E-state index contributed by atoms with van der Waals surface area (Å²) >= 11 is 0. The standard InChI is InChI=1S/C19H27F/c1-7-8-15(3)16-9-10-17(18(20)12-16)11-14(2)13-19(4,5)6/h9-10,12H,2-3,7-8,11,13H2,1,4-6H3. The Hall–Kier alpha value is -1.37. The maximum Gasteiger partial charge on any atom is 0.127 e. The molecule has 0 radical (unpaired) electrons. The van der Waals surface area contributed by atoms with Gasteiger partial charge in [-0.25, -0.2) is 4.39 Å². The van der Waals surface area contributed by atoms with Crippen LogP contribution in [-0.4, -0.2) is 0 Å². The van der Waals surface area contributed by atoms with Crippen molar-refractivity contribution in [2.45, 2.75) is 53.4 Å². The van der Waals surface area contributed by atoms with Crippen LogP contribution in [0.5, 0.6) is 0 Å². The second kappa shape index (κ2) is 6.88. The maximum atomic E-state index is 14.2. The molecule has 1 aromatic rings. The van der Waals surface area contributed by atoms with E-state index in [1.807, 2.05) is 12.1 Å². The van der Waals surface area contributed by atoms with Gasteiger partial charge in [0, 0.05) is 0 Å². The fourth-order valence-electron chi connectivity index (χ4n) is 2.44. The first-order valence-corrected chi connectivity index (χ1v) is 7.36. The second-order valence-electron chi connectivity index (χ2n) is 6.82. The van der Waals surface area contributed by atoms with Crippen molar-refractivity contribution in [2.24, 2.45) is 5.41 Å². The Morgan fingerprint density at radius 1 is 1.20 bits per heavy atom. The molecule has 0 heterocycles. The zero-order valence-electron chi connectivity index (χ0n) is 13.4. The summed E-state index contributed by atoms with van der Waals surface area (Å²) in [6.45, 7) is 16.7. The zero-order valence-corrected chi connectivity index (χ0v) is 13.4. The van der Waals surface area contributed by atoms with E-state index in [0.29, 0.717) is 6.42 Å². The lowest BCUT2D eigenvalue weighted by Crippen LogP contribution is -2.07. The zero-order chi connectivity index (χ0) is 15.3. The summed E-state index contributed by atoms with van der Waals surface area (Å²) in [6, 6.07) is 5.46. The molecular weight excluding hydrogens is 247 g/mol. The Bertz CT molecular complexity index is 489. The topological polar surface area (TPSA) is 0 Å². The van der Waals surface area contributed by atoms with E-state index in [-0.39, 0.29) is 11.2 Å². The van der Waals surface area contributed by atoms with E-state index in [1.165, 1.54) is 0 Å². The Labute approximate surface area is 123 Å². The molecule has 0 saturated carbocycles. The Balaban J connectivity index is 2.79. The van der Waals surface area contributed by atoms with Gasteiger partial charge in [0.1, 0.15) is 5.82 Å². The minimum absolute atomic E-state index is 0.144. The third kappa shape index (κ3) is 5.32. The van der Waals surface area contributed by atoms with Gasteiger partial charge in [-0.3, -0.25) is 0 Å². The van der Waals surface area contributed by atoms with Gasteiger partial charge in [-0.05, 0) is 47.4 Å². The van der Waals surface area contributed by atoms with E-state index in [1.54, 1.807) is 6.07 Å². The van der Waals surface area contributed by atoms with Crippen LogP contribution in [0.2, 0.25) is 0 Å². The summed E-state index contributed by atoms with van der Waals surface area (Å²) in [5, 5.41) is 0. The van der Waals surface area contributed by atoms with E-state index in [4.69, 9.17) is 0 Å². The molecule has 0 aromatic heterocycles. The number of hydrogen-bond acceptors (Lipinski definition) is 0. The number of allylic oxidation sites excluding steroid dienone is 2. The SMILES string of the molecule is C=C(Cc1ccc(C(=C)CCC)cc1F)CC(C)(C)C. The highest BCUT2D eigenvalue weighted by molar-refractivity contribution is 5.63. The lowest BCUT2D eigenvalue weighted by atomic mass is 9.86. The van der Waals surface area contributed by atoms with Crippen molar-refractivity contribution in [1.29, 1.82) is 0 Å². The smallest absolute Gasteiger partial charge is 0.127 e. The molecule has 1 rings (SSSR count). The molecule has 0 aliphatic carbocycles. The monoisotopic (exact) mass is 274 g/mol. The average molecular weight is 274 g/mol. The number of rotatable bonds is 6. The van der Waals surface area contributed by atoms with Crippen molar-refractivity contribution in [3.63, 3.8) is 0 Å². The molecule has 1 heteroatoms. The first-order chi connectivity index (χ1) is 9.23. The van der Waals surface area contributed by atoms with Crippen LogP contribution < -0.4 is 0 Å². The van der Waals surface area contributed by atoms with Crippen molar-refractivity contribution in [2.75, 3.05) is 0 Å². The van der Waals surface area contributed by atoms with E-state index in [9.17, 15) is 4.39 Å². The Kier molecular flexibility index (Phi) is 5.74. The van der Waals surface area contributed by atoms with Gasteiger partial charge in [-0.2, -0.15) is 0 Å². The molecule has 20 heavy (non-hydrogen) atoms. The number of hydrogen-bond donors (Lipinski definition) is 0. The third-order valence-electron chi connectivity index (χ3n) is 3.23. The van der Waals surface area contributed by atoms with Crippen molar-refractivity contribution in [1.82, 2.24) is 0 Å². The average Bonchev–Trinajstić information content (AvgIpc) is 2.29. The van der Waals surface area contributed by atoms with Crippen LogP contribution in [0.15, 0.2) is 36.9 Å². The van der Waals surface area contributed by atoms with Crippen molar-refractivity contribution in [3.8, 4) is 0 Å². The molecule has 0 saturated heterocycles. The van der Waals surface area contributed by atoms with Crippen molar-refractivity contribution >= 4 is 5.57 Å². The van der Waals surface area contributed by atoms with Gasteiger partial charge in [0.05, 0.1) is 0 Å². The highest BCUT2D eigenvalue weighted by atomic mass is 19.1. The van der Waals surface area contributed by atoms with Crippen LogP contribution >= 0.6 is 0 Å². The highest BCUT2D eigenvalue weighted by Crippen LogP contribution is 2.27. The van der Waals surface area contributed by atoms with Gasteiger partial charge in [0.2, 0.25) is 0 Å². The van der Waals surface area contributed by atoms with Crippen LogP contribution in [0.4, 0.5) is 4.39 Å². The molecule has 0 bridgehead atoms. The Morgan fingerprint density at radius 3 is 2.35 bits per heavy atom. The van der Waals surface area contributed by atoms with E-state index < -0.39 is 0 Å². The lowest BCUT2D eigenvalue weighted by Gasteiger charge is -2.20. The molecule has 0 unspecified atom stereocenters. The minimum atomic E-state index is -0.144. The minimum Gasteiger partial charge on any atom is -0.207 e. The summed E-state index contributed by atoms with van der Waals surface area (Å²) in [6.07, 6.45) is 3.47. The third-order valence-corrected chi connectivity index (χ3v) is 3.23. The fourth-order valence-corrected chi connectivity index (χ4v) is 2.44. The fraction of sp³-hybridized carbons (Fsp3) is 0.474. The molecule has 0 nitrogen and oxygen atoms in total. The van der Waals surface area contributed by atoms with Crippen LogP contribution in [0.3, 0.4) is 0 Å². The normalized spacial score (nSPS) is 11.4. The van der Waals surface area contributed by atoms with Crippen LogP contribution in [0.1, 0.15) is 58.1 Å². The highest BCUT2D eigenvalue weighted by Gasteiger charge is 2.14. The molecule has 1 aromatic carbocycles. The summed E-state index contributed by atoms with van der Waals surface area (Å²) < 4.78 is 14.2. The van der Waals surface area contributed by atoms with Gasteiger partial charge in [-0.1, -0.05) is 65.0 Å². The molecule has 0 aliphatic heterocycles. The predicted molar refractivity (Wildman–Crippen MR) is 87.3 cm³/mol. The molecule has 0 aliphatic rings. The summed E-state index contributed by atoms with van der Waals surface area (Å²) in [4.78, 5) is 0. The lowest BCUT2D eigenvalue weighted by molar-refractivity contribution is 0.406. The molecular formula is C19H27F. The molecule has 110 valence electrons. The number of benzene rings is 1. The van der Waals surface area contributed by atoms with Crippen molar-refractivity contribution in [3.05, 3.63) is 53.9 Å². The molecule has 0 fully saturated rings. The first-order valence-electron chi connectivity index (χ1n) is 7.36. The largest absolute Gasteiger partial charge is 0.207 e.